The number of aliphatic hydroxyl groups is 1. The van der Waals surface area contributed by atoms with Gasteiger partial charge in [0.2, 0.25) is 5.91 Å². The summed E-state index contributed by atoms with van der Waals surface area (Å²) in [6.45, 7) is 7.18. The van der Waals surface area contributed by atoms with Crippen LogP contribution in [0.3, 0.4) is 0 Å². The van der Waals surface area contributed by atoms with Gasteiger partial charge in [-0.05, 0) is 53.1 Å². The average molecular weight is 553 g/mol. The topological polar surface area (TPSA) is 71.0 Å². The fraction of sp³-hybridized carbons (Fsp3) is 0.343. The number of ether oxygens (including phenoxy) is 2. The van der Waals surface area contributed by atoms with Crippen LogP contribution >= 0.6 is 0 Å². The first kappa shape index (κ1) is 29.0. The van der Waals surface area contributed by atoms with Crippen molar-refractivity contribution in [1.29, 1.82) is 0 Å². The number of hydrogen-bond acceptors (Lipinski definition) is 5. The smallest absolute Gasteiger partial charge is 0.217 e. The van der Waals surface area contributed by atoms with E-state index in [4.69, 9.17) is 9.47 Å². The van der Waals surface area contributed by atoms with Crippen LogP contribution in [-0.4, -0.2) is 35.6 Å². The summed E-state index contributed by atoms with van der Waals surface area (Å²) in [5.41, 5.74) is 5.18. The zero-order valence-electron chi connectivity index (χ0n) is 24.3. The van der Waals surface area contributed by atoms with Crippen molar-refractivity contribution in [3.05, 3.63) is 119 Å². The van der Waals surface area contributed by atoms with Crippen LogP contribution < -0.4 is 5.32 Å². The molecule has 6 heteroatoms. The standard InChI is InChI=1S/C35H40N2O4/c1-23-33(21-37(4)24(2)31-18-17-28-7-5-6-8-32(28)19-31)40-35(30-15-9-26(10-16-30)20-36-25(3)39)41-34(23)29-13-11-27(22-38)12-14-29/h5-19,23-24,33-35,38H,20-22H2,1-4H3,(H,36,39)/t23-,24+,33+,34+,35+/m0/s1. The molecule has 0 bridgehead atoms. The van der Waals surface area contributed by atoms with Gasteiger partial charge in [-0.25, -0.2) is 0 Å². The predicted octanol–water partition coefficient (Wildman–Crippen LogP) is 6.45. The molecule has 0 saturated carbocycles. The molecule has 1 amide bonds. The summed E-state index contributed by atoms with van der Waals surface area (Å²) in [4.78, 5) is 13.7. The molecule has 1 heterocycles. The van der Waals surface area contributed by atoms with Gasteiger partial charge in [0.15, 0.2) is 6.29 Å². The molecule has 1 aliphatic heterocycles. The first-order chi connectivity index (χ1) is 19.8. The number of benzene rings is 4. The summed E-state index contributed by atoms with van der Waals surface area (Å²) >= 11 is 0. The van der Waals surface area contributed by atoms with Crippen molar-refractivity contribution in [3.8, 4) is 0 Å². The molecule has 0 unspecified atom stereocenters. The second kappa shape index (κ2) is 13.0. The number of nitrogens with zero attached hydrogens (tertiary/aromatic N) is 1. The molecule has 1 aliphatic rings. The maximum absolute atomic E-state index is 11.3. The maximum Gasteiger partial charge on any atom is 0.217 e. The lowest BCUT2D eigenvalue weighted by molar-refractivity contribution is -0.276. The molecule has 0 radical (unpaired) electrons. The average Bonchev–Trinajstić information content (AvgIpc) is 3.00. The molecular weight excluding hydrogens is 512 g/mol. The largest absolute Gasteiger partial charge is 0.392 e. The van der Waals surface area contributed by atoms with Gasteiger partial charge in [-0.3, -0.25) is 9.69 Å². The lowest BCUT2D eigenvalue weighted by atomic mass is 9.89. The van der Waals surface area contributed by atoms with Gasteiger partial charge in [0.1, 0.15) is 0 Å². The minimum absolute atomic E-state index is 0.0119. The summed E-state index contributed by atoms with van der Waals surface area (Å²) < 4.78 is 13.3. The van der Waals surface area contributed by atoms with Crippen LogP contribution in [0.4, 0.5) is 0 Å². The van der Waals surface area contributed by atoms with E-state index in [2.05, 4.69) is 73.6 Å². The monoisotopic (exact) mass is 552 g/mol. The van der Waals surface area contributed by atoms with Gasteiger partial charge in [-0.15, -0.1) is 0 Å². The van der Waals surface area contributed by atoms with Crippen LogP contribution in [0.5, 0.6) is 0 Å². The van der Waals surface area contributed by atoms with Crippen molar-refractivity contribution in [2.75, 3.05) is 13.6 Å². The van der Waals surface area contributed by atoms with Gasteiger partial charge >= 0.3 is 0 Å². The van der Waals surface area contributed by atoms with E-state index in [9.17, 15) is 9.90 Å². The molecule has 5 rings (SSSR count). The van der Waals surface area contributed by atoms with Crippen molar-refractivity contribution < 1.29 is 19.4 Å². The Balaban J connectivity index is 1.37. The molecule has 4 aromatic carbocycles. The molecular formula is C35H40N2O4. The van der Waals surface area contributed by atoms with Gasteiger partial charge in [0, 0.05) is 37.5 Å². The summed E-state index contributed by atoms with van der Waals surface area (Å²) in [6, 6.07) is 31.4. The number of aliphatic hydroxyl groups excluding tert-OH is 1. The number of fused-ring (bicyclic) bond motifs is 1. The molecule has 0 spiro atoms. The van der Waals surface area contributed by atoms with E-state index in [1.807, 2.05) is 48.5 Å². The highest BCUT2D eigenvalue weighted by Gasteiger charge is 2.39. The molecule has 4 aromatic rings. The van der Waals surface area contributed by atoms with Crippen LogP contribution in [0.15, 0.2) is 91.0 Å². The van der Waals surface area contributed by atoms with Crippen LogP contribution in [0.2, 0.25) is 0 Å². The highest BCUT2D eigenvalue weighted by Crippen LogP contribution is 2.42. The van der Waals surface area contributed by atoms with E-state index < -0.39 is 6.29 Å². The number of likely N-dealkylation sites (N-methyl/N-ethyl adjacent to an activating group) is 1. The number of carbonyl (C=O) groups excluding carboxylic acids is 1. The van der Waals surface area contributed by atoms with Gasteiger partial charge in [-0.2, -0.15) is 0 Å². The van der Waals surface area contributed by atoms with Gasteiger partial charge in [-0.1, -0.05) is 91.9 Å². The van der Waals surface area contributed by atoms with Crippen LogP contribution in [0, 0.1) is 5.92 Å². The Morgan fingerprint density at radius 1 is 0.902 bits per heavy atom. The molecule has 0 aromatic heterocycles. The van der Waals surface area contributed by atoms with Crippen LogP contribution in [-0.2, 0) is 27.4 Å². The van der Waals surface area contributed by atoms with Crippen molar-refractivity contribution >= 4 is 16.7 Å². The van der Waals surface area contributed by atoms with Crippen molar-refractivity contribution in [2.24, 2.45) is 5.92 Å². The molecule has 6 nitrogen and oxygen atoms in total. The molecule has 1 saturated heterocycles. The highest BCUT2D eigenvalue weighted by atomic mass is 16.7. The number of nitrogens with one attached hydrogen (secondary N) is 1. The number of hydrogen-bond donors (Lipinski definition) is 2. The van der Waals surface area contributed by atoms with E-state index in [1.54, 1.807) is 0 Å². The summed E-state index contributed by atoms with van der Waals surface area (Å²) in [6.07, 6.45) is -0.781. The normalized spacial score (nSPS) is 21.6. The van der Waals surface area contributed by atoms with Gasteiger partial charge < -0.3 is 19.9 Å². The van der Waals surface area contributed by atoms with Crippen molar-refractivity contribution in [2.45, 2.75) is 58.5 Å². The third-order valence-corrected chi connectivity index (χ3v) is 8.30. The fourth-order valence-electron chi connectivity index (χ4n) is 5.51. The summed E-state index contributed by atoms with van der Waals surface area (Å²) in [5.74, 6) is 0.0402. The second-order valence-electron chi connectivity index (χ2n) is 11.2. The fourth-order valence-corrected chi connectivity index (χ4v) is 5.51. The Morgan fingerprint density at radius 3 is 2.24 bits per heavy atom. The summed E-state index contributed by atoms with van der Waals surface area (Å²) in [5, 5.41) is 14.9. The Bertz CT molecular complexity index is 1450. The van der Waals surface area contributed by atoms with Crippen LogP contribution in [0.25, 0.3) is 10.8 Å². The Morgan fingerprint density at radius 2 is 1.56 bits per heavy atom. The van der Waals surface area contributed by atoms with E-state index in [0.29, 0.717) is 6.54 Å². The highest BCUT2D eigenvalue weighted by molar-refractivity contribution is 5.83. The number of carbonyl (C=O) groups is 1. The number of rotatable bonds is 9. The minimum Gasteiger partial charge on any atom is -0.392 e. The molecule has 1 fully saturated rings. The van der Waals surface area contributed by atoms with E-state index >= 15 is 0 Å². The Kier molecular flexibility index (Phi) is 9.15. The summed E-state index contributed by atoms with van der Waals surface area (Å²) in [7, 11) is 2.16. The second-order valence-corrected chi connectivity index (χ2v) is 11.2. The predicted molar refractivity (Wildman–Crippen MR) is 162 cm³/mol. The quantitative estimate of drug-likeness (QED) is 0.250. The van der Waals surface area contributed by atoms with Crippen molar-refractivity contribution in [3.63, 3.8) is 0 Å². The zero-order chi connectivity index (χ0) is 28.9. The third-order valence-electron chi connectivity index (χ3n) is 8.30. The van der Waals surface area contributed by atoms with Gasteiger partial charge in [0.05, 0.1) is 18.8 Å². The Labute approximate surface area is 242 Å². The van der Waals surface area contributed by atoms with Crippen LogP contribution in [0.1, 0.15) is 67.0 Å². The molecule has 0 aliphatic carbocycles. The van der Waals surface area contributed by atoms with E-state index in [-0.39, 0.29) is 36.7 Å². The minimum atomic E-state index is -0.530. The van der Waals surface area contributed by atoms with E-state index in [0.717, 1.165) is 28.8 Å². The lowest BCUT2D eigenvalue weighted by Crippen LogP contribution is -2.44. The molecule has 5 atom stereocenters. The first-order valence-corrected chi connectivity index (χ1v) is 14.3. The SMILES string of the molecule is CC(=O)NCc1ccc([C@@H]2O[C@H](CN(C)[C@H](C)c3ccc4ccccc4c3)[C@H](C)[C@H](c3ccc(CO)cc3)O2)cc1. The van der Waals surface area contributed by atoms with Crippen molar-refractivity contribution in [1.82, 2.24) is 10.2 Å². The van der Waals surface area contributed by atoms with Gasteiger partial charge in [0.25, 0.3) is 0 Å². The first-order valence-electron chi connectivity index (χ1n) is 14.3. The Hall–Kier alpha value is -3.55. The lowest BCUT2D eigenvalue weighted by Gasteiger charge is -2.43. The molecule has 41 heavy (non-hydrogen) atoms. The zero-order valence-corrected chi connectivity index (χ0v) is 24.3. The maximum atomic E-state index is 11.3. The third kappa shape index (κ3) is 6.85. The van der Waals surface area contributed by atoms with E-state index in [1.165, 1.54) is 23.3 Å². The molecule has 2 N–H and O–H groups in total. The molecule has 214 valence electrons. The number of amides is 1.